The van der Waals surface area contributed by atoms with E-state index in [-0.39, 0.29) is 0 Å². The highest BCUT2D eigenvalue weighted by Crippen LogP contribution is 2.39. The predicted molar refractivity (Wildman–Crippen MR) is 113 cm³/mol. The molecule has 0 aliphatic heterocycles. The van der Waals surface area contributed by atoms with Gasteiger partial charge in [-0.1, -0.05) is 63.6 Å². The Bertz CT molecular complexity index is 790. The number of halogens is 4. The molecule has 0 saturated heterocycles. The summed E-state index contributed by atoms with van der Waals surface area (Å²) in [6.07, 6.45) is 9.07. The molecule has 1 aromatic heterocycles. The molecule has 0 bridgehead atoms. The van der Waals surface area contributed by atoms with Crippen LogP contribution >= 0.6 is 0 Å². The lowest BCUT2D eigenvalue weighted by Gasteiger charge is -2.29. The van der Waals surface area contributed by atoms with Crippen LogP contribution in [0.4, 0.5) is 17.6 Å². The number of rotatable bonds is 8. The van der Waals surface area contributed by atoms with Gasteiger partial charge in [0.25, 0.3) is 0 Å². The van der Waals surface area contributed by atoms with Gasteiger partial charge in [-0.3, -0.25) is 4.98 Å². The quantitative estimate of drug-likeness (QED) is 0.307. The van der Waals surface area contributed by atoms with Crippen LogP contribution in [0.1, 0.15) is 88.3 Å². The van der Waals surface area contributed by atoms with Crippen molar-refractivity contribution in [2.24, 2.45) is 5.92 Å². The van der Waals surface area contributed by atoms with Gasteiger partial charge in [-0.2, -0.15) is 13.2 Å². The van der Waals surface area contributed by atoms with Gasteiger partial charge in [0.2, 0.25) is 0 Å². The molecule has 164 valence electrons. The Morgan fingerprint density at radius 1 is 0.933 bits per heavy atom. The third-order valence-corrected chi connectivity index (χ3v) is 6.39. The first-order chi connectivity index (χ1) is 14.4. The van der Waals surface area contributed by atoms with Crippen molar-refractivity contribution >= 4 is 0 Å². The molecule has 1 fully saturated rings. The molecule has 0 spiro atoms. The molecule has 1 nitrogen and oxygen atoms in total. The summed E-state index contributed by atoms with van der Waals surface area (Å²) in [4.78, 5) is 3.44. The molecule has 1 aliphatic carbocycles. The average Bonchev–Trinajstić information content (AvgIpc) is 2.73. The third-order valence-electron chi connectivity index (χ3n) is 6.39. The van der Waals surface area contributed by atoms with Gasteiger partial charge in [-0.25, -0.2) is 4.39 Å². The van der Waals surface area contributed by atoms with E-state index in [4.69, 9.17) is 0 Å². The van der Waals surface area contributed by atoms with Gasteiger partial charge < -0.3 is 0 Å². The number of aromatic nitrogens is 1. The van der Waals surface area contributed by atoms with E-state index in [2.05, 4.69) is 11.9 Å². The number of hydrogen-bond donors (Lipinski definition) is 0. The minimum atomic E-state index is -4.49. The summed E-state index contributed by atoms with van der Waals surface area (Å²) in [6, 6.07) is 7.33. The fourth-order valence-corrected chi connectivity index (χ4v) is 4.56. The highest BCUT2D eigenvalue weighted by molar-refractivity contribution is 5.63. The second-order valence-corrected chi connectivity index (χ2v) is 8.59. The van der Waals surface area contributed by atoms with Crippen molar-refractivity contribution in [2.45, 2.75) is 83.2 Å². The number of pyridine rings is 1. The number of hydrogen-bond acceptors (Lipinski definition) is 1. The van der Waals surface area contributed by atoms with Crippen LogP contribution < -0.4 is 0 Å². The highest BCUT2D eigenvalue weighted by atomic mass is 19.4. The minimum Gasteiger partial charge on any atom is -0.251 e. The van der Waals surface area contributed by atoms with Crippen molar-refractivity contribution in [1.29, 1.82) is 0 Å². The summed E-state index contributed by atoms with van der Waals surface area (Å²) >= 11 is 0. The molecule has 0 unspecified atom stereocenters. The fourth-order valence-electron chi connectivity index (χ4n) is 4.56. The van der Waals surface area contributed by atoms with Crippen LogP contribution in [0.5, 0.6) is 0 Å². The Balaban J connectivity index is 1.56. The summed E-state index contributed by atoms with van der Waals surface area (Å²) in [5.74, 6) is 0.771. The lowest BCUT2D eigenvalue weighted by Crippen LogP contribution is -2.13. The molecule has 3 rings (SSSR count). The molecule has 30 heavy (non-hydrogen) atoms. The van der Waals surface area contributed by atoms with Gasteiger partial charge in [0.1, 0.15) is 11.5 Å². The van der Waals surface area contributed by atoms with Crippen molar-refractivity contribution in [3.05, 3.63) is 53.6 Å². The van der Waals surface area contributed by atoms with Crippen molar-refractivity contribution in [3.63, 3.8) is 0 Å². The van der Waals surface area contributed by atoms with Crippen LogP contribution in [0.2, 0.25) is 0 Å². The molecule has 0 amide bonds. The maximum absolute atomic E-state index is 14.7. The fraction of sp³-hybridized carbons (Fsp3) is 0.560. The molecule has 5 heteroatoms. The van der Waals surface area contributed by atoms with E-state index in [1.165, 1.54) is 57.4 Å². The van der Waals surface area contributed by atoms with Gasteiger partial charge in [0, 0.05) is 17.3 Å². The molecule has 1 aliphatic rings. The Kier molecular flexibility index (Phi) is 7.90. The van der Waals surface area contributed by atoms with Gasteiger partial charge in [0.05, 0.1) is 0 Å². The van der Waals surface area contributed by atoms with E-state index in [0.29, 0.717) is 17.0 Å². The van der Waals surface area contributed by atoms with E-state index in [0.717, 1.165) is 36.6 Å². The molecule has 1 aromatic carbocycles. The first-order valence-corrected chi connectivity index (χ1v) is 11.2. The normalized spacial score (nSPS) is 19.8. The van der Waals surface area contributed by atoms with Gasteiger partial charge in [0.15, 0.2) is 0 Å². The van der Waals surface area contributed by atoms with Crippen LogP contribution in [-0.4, -0.2) is 4.98 Å². The van der Waals surface area contributed by atoms with E-state index < -0.39 is 17.7 Å². The summed E-state index contributed by atoms with van der Waals surface area (Å²) in [5.41, 5.74) is 0.683. The first-order valence-electron chi connectivity index (χ1n) is 11.2. The van der Waals surface area contributed by atoms with Crippen molar-refractivity contribution < 1.29 is 17.6 Å². The molecular weight excluding hydrogens is 390 g/mol. The van der Waals surface area contributed by atoms with E-state index in [1.54, 1.807) is 12.1 Å². The summed E-state index contributed by atoms with van der Waals surface area (Å²) in [7, 11) is 0. The molecule has 0 radical (unpaired) electrons. The second-order valence-electron chi connectivity index (χ2n) is 8.59. The number of alkyl halides is 3. The smallest absolute Gasteiger partial charge is 0.251 e. The van der Waals surface area contributed by atoms with Crippen LogP contribution in [0.15, 0.2) is 36.5 Å². The largest absolute Gasteiger partial charge is 0.433 e. The molecule has 1 heterocycles. The maximum Gasteiger partial charge on any atom is 0.433 e. The highest BCUT2D eigenvalue weighted by Gasteiger charge is 2.32. The van der Waals surface area contributed by atoms with Crippen molar-refractivity contribution in [1.82, 2.24) is 4.98 Å². The van der Waals surface area contributed by atoms with Gasteiger partial charge in [-0.05, 0) is 55.2 Å². The van der Waals surface area contributed by atoms with Crippen LogP contribution in [0.25, 0.3) is 11.1 Å². The van der Waals surface area contributed by atoms with Crippen LogP contribution in [0, 0.1) is 11.7 Å². The molecule has 0 atom stereocenters. The molecule has 1 saturated carbocycles. The minimum absolute atomic E-state index is 0.292. The average molecular weight is 422 g/mol. The third kappa shape index (κ3) is 6.05. The Morgan fingerprint density at radius 3 is 2.27 bits per heavy atom. The number of benzene rings is 1. The van der Waals surface area contributed by atoms with Crippen LogP contribution in [0.3, 0.4) is 0 Å². The van der Waals surface area contributed by atoms with E-state index in [9.17, 15) is 17.6 Å². The Labute approximate surface area is 176 Å². The zero-order valence-electron chi connectivity index (χ0n) is 17.6. The predicted octanol–water partition coefficient (Wildman–Crippen LogP) is 8.54. The van der Waals surface area contributed by atoms with Gasteiger partial charge in [-0.15, -0.1) is 0 Å². The van der Waals surface area contributed by atoms with Gasteiger partial charge >= 0.3 is 6.18 Å². The van der Waals surface area contributed by atoms with Crippen molar-refractivity contribution in [2.75, 3.05) is 0 Å². The van der Waals surface area contributed by atoms with Crippen LogP contribution in [-0.2, 0) is 6.18 Å². The second kappa shape index (κ2) is 10.4. The zero-order valence-corrected chi connectivity index (χ0v) is 17.6. The Hall–Kier alpha value is -1.91. The molecule has 2 aromatic rings. The lowest BCUT2D eigenvalue weighted by molar-refractivity contribution is -0.141. The monoisotopic (exact) mass is 421 g/mol. The topological polar surface area (TPSA) is 12.9 Å². The lowest BCUT2D eigenvalue weighted by atomic mass is 9.77. The first kappa shape index (κ1) is 22.8. The van der Waals surface area contributed by atoms with E-state index >= 15 is 0 Å². The maximum atomic E-state index is 14.7. The van der Waals surface area contributed by atoms with E-state index in [1.807, 2.05) is 6.07 Å². The van der Waals surface area contributed by atoms with Crippen molar-refractivity contribution in [3.8, 4) is 11.1 Å². The summed E-state index contributed by atoms with van der Waals surface area (Å²) in [6.45, 7) is 2.23. The number of unbranched alkanes of at least 4 members (excludes halogenated alkanes) is 4. The zero-order chi connectivity index (χ0) is 21.6. The SMILES string of the molecule is CCCCCCC[C@H]1CC[C@H](c2ccc(-c3ccc(C(F)(F)F)nc3)c(F)c2)CC1. The summed E-state index contributed by atoms with van der Waals surface area (Å²) < 4.78 is 52.7. The summed E-state index contributed by atoms with van der Waals surface area (Å²) in [5, 5.41) is 0. The Morgan fingerprint density at radius 2 is 1.67 bits per heavy atom. The number of nitrogens with zero attached hydrogens (tertiary/aromatic N) is 1. The molecular formula is C25H31F4N. The standard InChI is InChI=1S/C25H31F4N/c1-2-3-4-5-6-7-18-8-10-19(11-9-18)20-12-14-22(23(26)16-20)21-13-15-24(30-17-21)25(27,28)29/h12-19H,2-11H2,1H3/t18-,19-. The molecule has 0 N–H and O–H groups in total.